The molecule has 3 aliphatic rings. The van der Waals surface area contributed by atoms with E-state index in [9.17, 15) is 70.6 Å². The van der Waals surface area contributed by atoms with Crippen LogP contribution >= 0.6 is 0 Å². The summed E-state index contributed by atoms with van der Waals surface area (Å²) in [4.78, 5) is 35.9. The predicted molar refractivity (Wildman–Crippen MR) is 139 cm³/mol. The third-order valence-corrected chi connectivity index (χ3v) is 7.85. The van der Waals surface area contributed by atoms with Crippen molar-refractivity contribution in [2.75, 3.05) is 19.8 Å². The summed E-state index contributed by atoms with van der Waals surface area (Å²) in [5.74, 6) is -6.84. The first-order valence-electron chi connectivity index (χ1n) is 14.2. The lowest BCUT2D eigenvalue weighted by Gasteiger charge is -2.52. The van der Waals surface area contributed by atoms with Gasteiger partial charge in [0.05, 0.1) is 32.0 Å². The van der Waals surface area contributed by atoms with Crippen molar-refractivity contribution in [3.05, 3.63) is 0 Å². The van der Waals surface area contributed by atoms with Crippen LogP contribution in [0, 0.1) is 0 Å². The Morgan fingerprint density at radius 1 is 0.870 bits per heavy atom. The van der Waals surface area contributed by atoms with Crippen LogP contribution < -0.4 is 15.7 Å². The van der Waals surface area contributed by atoms with Crippen molar-refractivity contribution in [2.45, 2.75) is 118 Å². The molecule has 3 saturated heterocycles. The summed E-state index contributed by atoms with van der Waals surface area (Å²) in [5.41, 5.74) is 0. The van der Waals surface area contributed by atoms with Crippen LogP contribution in [0.5, 0.6) is 0 Å². The molecule has 0 radical (unpaired) electrons. The summed E-state index contributed by atoms with van der Waals surface area (Å²) < 4.78 is 27.2. The third-order valence-electron chi connectivity index (χ3n) is 7.85. The van der Waals surface area contributed by atoms with Crippen LogP contribution in [-0.2, 0) is 38.1 Å². The molecular formula is C25H41N2O19-. The molecular weight excluding hydrogens is 632 g/mol. The minimum Gasteiger partial charge on any atom is -0.544 e. The van der Waals surface area contributed by atoms with E-state index in [0.717, 1.165) is 13.8 Å². The molecule has 21 nitrogen and oxygen atoms in total. The van der Waals surface area contributed by atoms with Gasteiger partial charge in [-0.05, 0) is 0 Å². The highest BCUT2D eigenvalue weighted by Gasteiger charge is 2.57. The van der Waals surface area contributed by atoms with Gasteiger partial charge in [0.15, 0.2) is 12.6 Å². The van der Waals surface area contributed by atoms with Crippen molar-refractivity contribution in [1.82, 2.24) is 10.6 Å². The minimum absolute atomic E-state index is 0.698. The highest BCUT2D eigenvalue weighted by Crippen LogP contribution is 2.37. The summed E-state index contributed by atoms with van der Waals surface area (Å²) in [6, 6.07) is -3.09. The summed E-state index contributed by atoms with van der Waals surface area (Å²) in [6.45, 7) is -0.846. The molecule has 16 atom stereocenters. The van der Waals surface area contributed by atoms with Crippen molar-refractivity contribution in [3.8, 4) is 0 Å². The van der Waals surface area contributed by atoms with Gasteiger partial charge in [0.25, 0.3) is 0 Å². The highest BCUT2D eigenvalue weighted by atomic mass is 16.8. The average Bonchev–Trinajstić information content (AvgIpc) is 2.99. The van der Waals surface area contributed by atoms with Gasteiger partial charge in [-0.15, -0.1) is 0 Å². The first-order valence-corrected chi connectivity index (χ1v) is 14.2. The summed E-state index contributed by atoms with van der Waals surface area (Å²) >= 11 is 0. The molecule has 0 aliphatic carbocycles. The first kappa shape index (κ1) is 38.3. The maximum Gasteiger partial charge on any atom is 0.217 e. The summed E-state index contributed by atoms with van der Waals surface area (Å²) in [7, 11) is 0. The first-order chi connectivity index (χ1) is 21.5. The van der Waals surface area contributed by atoms with E-state index in [1.165, 1.54) is 0 Å². The summed E-state index contributed by atoms with van der Waals surface area (Å²) in [5, 5.41) is 121. The molecule has 0 bridgehead atoms. The Bertz CT molecular complexity index is 1050. The third kappa shape index (κ3) is 8.08. The molecule has 12 N–H and O–H groups in total. The maximum atomic E-state index is 12.5. The molecule has 0 saturated carbocycles. The molecule has 21 heteroatoms. The number of carbonyl (C=O) groups is 3. The minimum atomic E-state index is -3.15. The Labute approximate surface area is 260 Å². The van der Waals surface area contributed by atoms with E-state index in [-0.39, 0.29) is 0 Å². The monoisotopic (exact) mass is 673 g/mol. The van der Waals surface area contributed by atoms with Gasteiger partial charge in [0.1, 0.15) is 73.1 Å². The quantitative estimate of drug-likeness (QED) is 0.0914. The number of ether oxygens (including phenoxy) is 5. The molecule has 0 unspecified atom stereocenters. The zero-order chi connectivity index (χ0) is 34.7. The van der Waals surface area contributed by atoms with Gasteiger partial charge >= 0.3 is 0 Å². The number of carbonyl (C=O) groups excluding carboxylic acids is 3. The topological polar surface area (TPSA) is 347 Å². The fourth-order valence-corrected chi connectivity index (χ4v) is 5.56. The van der Waals surface area contributed by atoms with Crippen molar-refractivity contribution < 1.29 is 94.2 Å². The van der Waals surface area contributed by atoms with Gasteiger partial charge in [-0.25, -0.2) is 0 Å². The number of nitrogens with one attached hydrogen (secondary N) is 2. The lowest BCUT2D eigenvalue weighted by atomic mass is 9.88. The highest BCUT2D eigenvalue weighted by molar-refractivity contribution is 5.75. The van der Waals surface area contributed by atoms with Gasteiger partial charge < -0.3 is 95.3 Å². The van der Waals surface area contributed by atoms with Crippen LogP contribution in [0.1, 0.15) is 20.3 Å². The Kier molecular flexibility index (Phi) is 13.1. The molecule has 0 aromatic heterocycles. The van der Waals surface area contributed by atoms with Crippen LogP contribution in [0.4, 0.5) is 0 Å². The van der Waals surface area contributed by atoms with Crippen molar-refractivity contribution >= 4 is 17.8 Å². The average molecular weight is 674 g/mol. The largest absolute Gasteiger partial charge is 0.544 e. The number of carboxylic acids is 1. The number of rotatable bonds is 12. The Morgan fingerprint density at radius 3 is 1.98 bits per heavy atom. The van der Waals surface area contributed by atoms with Gasteiger partial charge in [0.2, 0.25) is 17.6 Å². The lowest BCUT2D eigenvalue weighted by molar-refractivity contribution is -0.410. The number of amides is 2. The Morgan fingerprint density at radius 2 is 1.46 bits per heavy atom. The van der Waals surface area contributed by atoms with E-state index in [1.54, 1.807) is 0 Å². The number of hydrogen-bond acceptors (Lipinski definition) is 19. The second kappa shape index (κ2) is 15.8. The van der Waals surface area contributed by atoms with E-state index in [1.807, 2.05) is 0 Å². The van der Waals surface area contributed by atoms with Gasteiger partial charge in [-0.2, -0.15) is 0 Å². The smallest absolute Gasteiger partial charge is 0.217 e. The van der Waals surface area contributed by atoms with Crippen LogP contribution in [0.15, 0.2) is 0 Å². The van der Waals surface area contributed by atoms with Gasteiger partial charge in [-0.1, -0.05) is 0 Å². The van der Waals surface area contributed by atoms with Gasteiger partial charge in [0, 0.05) is 20.3 Å². The molecule has 2 amide bonds. The van der Waals surface area contributed by atoms with E-state index >= 15 is 0 Å². The van der Waals surface area contributed by atoms with Crippen LogP contribution in [0.3, 0.4) is 0 Å². The van der Waals surface area contributed by atoms with Crippen molar-refractivity contribution in [1.29, 1.82) is 0 Å². The summed E-state index contributed by atoms with van der Waals surface area (Å²) in [6.07, 6.45) is -26.1. The van der Waals surface area contributed by atoms with E-state index < -0.39 is 142 Å². The van der Waals surface area contributed by atoms with E-state index in [4.69, 9.17) is 23.7 Å². The SMILES string of the molecule is CC(=O)N[C@@H]1[C@@H](O)[C@H](O[C@@H]2O[C@H](CO)[C@H](O)[C@H](O[C@]3(C(=O)[O-])C[C@H](O)[C@@H](NC(C)=O)[C@H]([C@H](O)[C@H](O)CO)O3)[C@H]2O)[C@@H](CO)O[C@H]1O. The molecule has 3 heterocycles. The molecule has 3 aliphatic heterocycles. The standard InChI is InChI=1S/C25H42N2O19/c1-7(31)26-13-9(33)3-25(24(40)41,45-20(13)15(35)10(34)4-28)46-21-16(36)11(5-29)43-23(18(21)38)44-19-12(6-30)42-22(39)14(17(19)37)27-8(2)32/h9-23,28-30,33-39H,3-6H2,1-2H3,(H,26,31)(H,27,32)(H,40,41)/p-1/t9-,10+,11+,12+,13+,14+,15+,16-,17+,18+,19+,20+,21-,22+,23-,25-/m0/s1. The molecule has 266 valence electrons. The van der Waals surface area contributed by atoms with Crippen molar-refractivity contribution in [2.24, 2.45) is 0 Å². The van der Waals surface area contributed by atoms with Crippen LogP contribution in [-0.4, -0.2) is 186 Å². The van der Waals surface area contributed by atoms with Crippen LogP contribution in [0.2, 0.25) is 0 Å². The number of aliphatic hydroxyl groups excluding tert-OH is 10. The zero-order valence-corrected chi connectivity index (χ0v) is 24.6. The second-order valence-corrected chi connectivity index (χ2v) is 11.2. The number of carboxylic acid groups (broad SMARTS) is 1. The molecule has 3 rings (SSSR count). The molecule has 0 aromatic carbocycles. The normalized spacial score (nSPS) is 42.9. The predicted octanol–water partition coefficient (Wildman–Crippen LogP) is -9.41. The van der Waals surface area contributed by atoms with Crippen molar-refractivity contribution in [3.63, 3.8) is 0 Å². The number of aliphatic carboxylic acids is 1. The maximum absolute atomic E-state index is 12.5. The number of aliphatic hydroxyl groups is 10. The molecule has 3 fully saturated rings. The molecule has 0 spiro atoms. The van der Waals surface area contributed by atoms with E-state index in [2.05, 4.69) is 10.6 Å². The fourth-order valence-electron chi connectivity index (χ4n) is 5.56. The molecule has 46 heavy (non-hydrogen) atoms. The number of hydrogen-bond donors (Lipinski definition) is 12. The lowest BCUT2D eigenvalue weighted by Crippen LogP contribution is -2.72. The van der Waals surface area contributed by atoms with Gasteiger partial charge in [-0.3, -0.25) is 9.59 Å². The second-order valence-electron chi connectivity index (χ2n) is 11.2. The zero-order valence-electron chi connectivity index (χ0n) is 24.6. The fraction of sp³-hybridized carbons (Fsp3) is 0.880. The Balaban J connectivity index is 1.95. The van der Waals surface area contributed by atoms with E-state index in [0.29, 0.717) is 0 Å². The Hall–Kier alpha value is -2.19. The van der Waals surface area contributed by atoms with Crippen LogP contribution in [0.25, 0.3) is 0 Å². The molecule has 0 aromatic rings.